The zero-order valence-corrected chi connectivity index (χ0v) is 14.4. The Morgan fingerprint density at radius 2 is 2.22 bits per heavy atom. The number of nitrogens with zero attached hydrogens (tertiary/aromatic N) is 3. The van der Waals surface area contributed by atoms with E-state index in [1.807, 2.05) is 6.07 Å². The number of urea groups is 1. The summed E-state index contributed by atoms with van der Waals surface area (Å²) in [5.74, 6) is 0.0637. The summed E-state index contributed by atoms with van der Waals surface area (Å²) in [5, 5.41) is 10.0. The first kappa shape index (κ1) is 16.8. The minimum atomic E-state index is -0.625. The molecule has 0 radical (unpaired) electrons. The fraction of sp³-hybridized carbons (Fsp3) is 0.222. The van der Waals surface area contributed by atoms with Gasteiger partial charge < -0.3 is 20.7 Å². The first-order valence-corrected chi connectivity index (χ1v) is 8.50. The molecule has 3 aromatic rings. The van der Waals surface area contributed by atoms with Gasteiger partial charge in [-0.15, -0.1) is 0 Å². The maximum Gasteiger partial charge on any atom is 0.321 e. The van der Waals surface area contributed by atoms with Crippen molar-refractivity contribution in [3.05, 3.63) is 48.4 Å². The van der Waals surface area contributed by atoms with E-state index in [0.717, 1.165) is 6.42 Å². The summed E-state index contributed by atoms with van der Waals surface area (Å²) in [6.07, 6.45) is 4.01. The van der Waals surface area contributed by atoms with Crippen LogP contribution in [0.25, 0.3) is 10.9 Å². The molecular weight excluding hydrogens is 348 g/mol. The number of carbonyl (C=O) groups excluding carboxylic acids is 2. The zero-order chi connectivity index (χ0) is 18.8. The predicted molar refractivity (Wildman–Crippen MR) is 98.5 cm³/mol. The van der Waals surface area contributed by atoms with E-state index >= 15 is 0 Å². The molecule has 9 nitrogen and oxygen atoms in total. The largest absolute Gasteiger partial charge is 0.487 e. The van der Waals surface area contributed by atoms with Crippen LogP contribution >= 0.6 is 0 Å². The number of H-pyrrole nitrogens is 1. The Bertz CT molecular complexity index is 987. The second-order valence-corrected chi connectivity index (χ2v) is 6.29. The van der Waals surface area contributed by atoms with Crippen LogP contribution in [-0.4, -0.2) is 51.2 Å². The van der Waals surface area contributed by atoms with Gasteiger partial charge in [-0.05, 0) is 30.3 Å². The van der Waals surface area contributed by atoms with Crippen molar-refractivity contribution in [1.82, 2.24) is 20.1 Å². The smallest absolute Gasteiger partial charge is 0.321 e. The number of rotatable bonds is 4. The molecule has 1 aliphatic heterocycles. The van der Waals surface area contributed by atoms with E-state index in [4.69, 9.17) is 10.5 Å². The number of pyridine rings is 1. The summed E-state index contributed by atoms with van der Waals surface area (Å²) < 4.78 is 5.85. The number of ether oxygens (including phenoxy) is 1. The third-order valence-corrected chi connectivity index (χ3v) is 4.42. The summed E-state index contributed by atoms with van der Waals surface area (Å²) >= 11 is 0. The van der Waals surface area contributed by atoms with Crippen LogP contribution in [0.2, 0.25) is 0 Å². The van der Waals surface area contributed by atoms with Crippen molar-refractivity contribution in [3.8, 4) is 5.75 Å². The summed E-state index contributed by atoms with van der Waals surface area (Å²) in [7, 11) is 0. The van der Waals surface area contributed by atoms with Crippen LogP contribution in [0, 0.1) is 0 Å². The highest BCUT2D eigenvalue weighted by atomic mass is 16.5. The molecule has 3 amide bonds. The fourth-order valence-electron chi connectivity index (χ4n) is 3.10. The highest BCUT2D eigenvalue weighted by Crippen LogP contribution is 2.22. The minimum Gasteiger partial charge on any atom is -0.487 e. The average Bonchev–Trinajstić information content (AvgIpc) is 3.29. The van der Waals surface area contributed by atoms with E-state index in [1.54, 1.807) is 41.6 Å². The van der Waals surface area contributed by atoms with Crippen LogP contribution in [0.1, 0.15) is 16.9 Å². The van der Waals surface area contributed by atoms with Crippen LogP contribution < -0.4 is 15.8 Å². The van der Waals surface area contributed by atoms with E-state index in [9.17, 15) is 9.59 Å². The van der Waals surface area contributed by atoms with Crippen LogP contribution in [0.5, 0.6) is 5.75 Å². The molecule has 1 saturated heterocycles. The van der Waals surface area contributed by atoms with Crippen LogP contribution in [0.15, 0.2) is 42.7 Å². The maximum atomic E-state index is 12.5. The lowest BCUT2D eigenvalue weighted by Gasteiger charge is -2.18. The first-order chi connectivity index (χ1) is 13.1. The van der Waals surface area contributed by atoms with Crippen molar-refractivity contribution >= 4 is 28.5 Å². The highest BCUT2D eigenvalue weighted by molar-refractivity contribution is 6.05. The molecule has 2 aromatic heterocycles. The summed E-state index contributed by atoms with van der Waals surface area (Å²) in [5.41, 5.74) is 6.70. The van der Waals surface area contributed by atoms with Crippen LogP contribution in [-0.2, 0) is 0 Å². The molecule has 1 aliphatic rings. The van der Waals surface area contributed by atoms with Gasteiger partial charge in [0.1, 0.15) is 11.9 Å². The van der Waals surface area contributed by atoms with E-state index < -0.39 is 5.91 Å². The number of aromatic nitrogens is 3. The monoisotopic (exact) mass is 366 g/mol. The molecule has 1 atom stereocenters. The molecule has 138 valence electrons. The molecule has 1 fully saturated rings. The second kappa shape index (κ2) is 6.94. The number of aromatic amines is 1. The molecule has 27 heavy (non-hydrogen) atoms. The number of anilines is 1. The summed E-state index contributed by atoms with van der Waals surface area (Å²) in [6.45, 7) is 1.08. The van der Waals surface area contributed by atoms with Crippen LogP contribution in [0.3, 0.4) is 0 Å². The Morgan fingerprint density at radius 3 is 3.00 bits per heavy atom. The van der Waals surface area contributed by atoms with Gasteiger partial charge in [0.2, 0.25) is 0 Å². The van der Waals surface area contributed by atoms with Gasteiger partial charge >= 0.3 is 6.03 Å². The van der Waals surface area contributed by atoms with Crippen molar-refractivity contribution in [3.63, 3.8) is 0 Å². The number of likely N-dealkylation sites (tertiary alicyclic amines) is 1. The standard InChI is InChI=1S/C18H18N6O3/c19-17(25)16-14-8-11(3-4-15(14)22-23-16)21-18(26)24-7-5-13(10-24)27-12-2-1-6-20-9-12/h1-4,6,8-9,13H,5,7,10H2,(H2,19,25)(H,21,26)(H,22,23)/t13-/m0/s1. The SMILES string of the molecule is NC(=O)c1n[nH]c2ccc(NC(=O)N3CC[C@H](Oc4cccnc4)C3)cc12. The number of fused-ring (bicyclic) bond motifs is 1. The van der Waals surface area contributed by atoms with Gasteiger partial charge in [-0.3, -0.25) is 14.9 Å². The fourth-order valence-corrected chi connectivity index (χ4v) is 3.10. The Balaban J connectivity index is 1.41. The number of amides is 3. The number of nitrogens with two attached hydrogens (primary N) is 1. The van der Waals surface area contributed by atoms with Crippen molar-refractivity contribution in [2.24, 2.45) is 5.73 Å². The minimum absolute atomic E-state index is 0.0715. The third kappa shape index (κ3) is 3.52. The summed E-state index contributed by atoms with van der Waals surface area (Å²) in [6, 6.07) is 8.57. The molecule has 3 heterocycles. The van der Waals surface area contributed by atoms with Crippen LogP contribution in [0.4, 0.5) is 10.5 Å². The number of nitrogens with one attached hydrogen (secondary N) is 2. The molecule has 0 bridgehead atoms. The number of benzene rings is 1. The quantitative estimate of drug-likeness (QED) is 0.648. The summed E-state index contributed by atoms with van der Waals surface area (Å²) in [4.78, 5) is 29.7. The van der Waals surface area contributed by atoms with Gasteiger partial charge in [0, 0.05) is 30.2 Å². The molecule has 4 rings (SSSR count). The Labute approximate surface area is 154 Å². The van der Waals surface area contributed by atoms with Gasteiger partial charge in [0.15, 0.2) is 5.69 Å². The lowest BCUT2D eigenvalue weighted by molar-refractivity contribution is 0.0997. The van der Waals surface area contributed by atoms with Gasteiger partial charge in [-0.2, -0.15) is 5.10 Å². The molecule has 0 aliphatic carbocycles. The normalized spacial score (nSPS) is 16.4. The van der Waals surface area contributed by atoms with E-state index in [2.05, 4.69) is 20.5 Å². The molecular formula is C18H18N6O3. The molecule has 1 aromatic carbocycles. The van der Waals surface area contributed by atoms with Gasteiger partial charge in [0.25, 0.3) is 5.91 Å². The molecule has 0 spiro atoms. The van der Waals surface area contributed by atoms with E-state index in [-0.39, 0.29) is 17.8 Å². The number of hydrogen-bond acceptors (Lipinski definition) is 5. The zero-order valence-electron chi connectivity index (χ0n) is 14.4. The van der Waals surface area contributed by atoms with E-state index in [0.29, 0.717) is 35.4 Å². The second-order valence-electron chi connectivity index (χ2n) is 6.29. The van der Waals surface area contributed by atoms with Gasteiger partial charge in [-0.1, -0.05) is 0 Å². The molecule has 0 saturated carbocycles. The Hall–Kier alpha value is -3.62. The highest BCUT2D eigenvalue weighted by Gasteiger charge is 2.28. The molecule has 9 heteroatoms. The third-order valence-electron chi connectivity index (χ3n) is 4.42. The lowest BCUT2D eigenvalue weighted by atomic mass is 10.2. The van der Waals surface area contributed by atoms with E-state index in [1.165, 1.54) is 0 Å². The van der Waals surface area contributed by atoms with Crippen molar-refractivity contribution in [2.45, 2.75) is 12.5 Å². The van der Waals surface area contributed by atoms with Crippen molar-refractivity contribution in [2.75, 3.05) is 18.4 Å². The topological polar surface area (TPSA) is 126 Å². The number of carbonyl (C=O) groups is 2. The first-order valence-electron chi connectivity index (χ1n) is 8.50. The molecule has 4 N–H and O–H groups in total. The maximum absolute atomic E-state index is 12.5. The number of hydrogen-bond donors (Lipinski definition) is 3. The average molecular weight is 366 g/mol. The van der Waals surface area contributed by atoms with Gasteiger partial charge in [-0.25, -0.2) is 4.79 Å². The Morgan fingerprint density at radius 1 is 1.33 bits per heavy atom. The van der Waals surface area contributed by atoms with Crippen molar-refractivity contribution in [1.29, 1.82) is 0 Å². The lowest BCUT2D eigenvalue weighted by Crippen LogP contribution is -2.34. The predicted octanol–water partition coefficient (Wildman–Crippen LogP) is 1.74. The Kier molecular flexibility index (Phi) is 4.33. The number of primary amides is 1. The van der Waals surface area contributed by atoms with Gasteiger partial charge in [0.05, 0.1) is 18.3 Å². The molecule has 0 unspecified atom stereocenters. The van der Waals surface area contributed by atoms with Crippen molar-refractivity contribution < 1.29 is 14.3 Å².